The van der Waals surface area contributed by atoms with Gasteiger partial charge in [-0.15, -0.1) is 0 Å². The van der Waals surface area contributed by atoms with E-state index in [4.69, 9.17) is 4.74 Å². The quantitative estimate of drug-likeness (QED) is 0.417. The van der Waals surface area contributed by atoms with Crippen LogP contribution in [0.1, 0.15) is 18.1 Å². The van der Waals surface area contributed by atoms with Crippen LogP contribution in [0, 0.1) is 10.1 Å². The first-order valence-corrected chi connectivity index (χ1v) is 8.59. The van der Waals surface area contributed by atoms with E-state index < -0.39 is 34.5 Å². The summed E-state index contributed by atoms with van der Waals surface area (Å²) in [6.45, 7) is 1.01. The van der Waals surface area contributed by atoms with Crippen molar-refractivity contribution in [2.24, 2.45) is 9.98 Å². The van der Waals surface area contributed by atoms with Gasteiger partial charge in [0.2, 0.25) is 5.90 Å². The first kappa shape index (κ1) is 21.0. The Balaban J connectivity index is 2.20. The normalized spacial score (nSPS) is 18.7. The molecule has 1 unspecified atom stereocenters. The van der Waals surface area contributed by atoms with E-state index in [2.05, 4.69) is 14.7 Å². The number of nitrogens with zero attached hydrogens (tertiary/aromatic N) is 3. The Morgan fingerprint density at radius 2 is 1.77 bits per heavy atom. The number of ether oxygens (including phenoxy) is 2. The topological polar surface area (TPSA) is 103 Å². The molecule has 0 aromatic heterocycles. The summed E-state index contributed by atoms with van der Waals surface area (Å²) < 4.78 is 51.7. The number of rotatable bonds is 5. The highest BCUT2D eigenvalue weighted by Gasteiger charge is 2.67. The molecular formula is C19H14F3N3O5. The van der Waals surface area contributed by atoms with Crippen LogP contribution in [-0.4, -0.2) is 41.1 Å². The number of benzene rings is 2. The molecule has 0 bridgehead atoms. The Labute approximate surface area is 167 Å². The molecule has 0 N–H and O–H groups in total. The van der Waals surface area contributed by atoms with Crippen molar-refractivity contribution in [3.05, 3.63) is 75.8 Å². The number of esters is 1. The van der Waals surface area contributed by atoms with Crippen molar-refractivity contribution in [3.63, 3.8) is 0 Å². The van der Waals surface area contributed by atoms with Crippen LogP contribution in [0.25, 0.3) is 0 Å². The largest absolute Gasteiger partial charge is 0.463 e. The summed E-state index contributed by atoms with van der Waals surface area (Å²) in [5.74, 6) is -2.73. The van der Waals surface area contributed by atoms with Crippen LogP contribution < -0.4 is 0 Å². The van der Waals surface area contributed by atoms with Crippen LogP contribution in [0.4, 0.5) is 18.9 Å². The third-order valence-electron chi connectivity index (χ3n) is 4.01. The van der Waals surface area contributed by atoms with Crippen LogP contribution >= 0.6 is 0 Å². The Morgan fingerprint density at radius 1 is 1.13 bits per heavy atom. The lowest BCUT2D eigenvalue weighted by molar-refractivity contribution is -0.384. The highest BCUT2D eigenvalue weighted by atomic mass is 19.4. The predicted octanol–water partition coefficient (Wildman–Crippen LogP) is 3.64. The highest BCUT2D eigenvalue weighted by Crippen LogP contribution is 2.39. The average Bonchev–Trinajstić information content (AvgIpc) is 2.73. The predicted molar refractivity (Wildman–Crippen MR) is 99.1 cm³/mol. The maximum Gasteiger partial charge on any atom is 0.463 e. The Bertz CT molecular complexity index is 1020. The van der Waals surface area contributed by atoms with Crippen molar-refractivity contribution < 1.29 is 32.4 Å². The molecule has 0 amide bonds. The fourth-order valence-electron chi connectivity index (χ4n) is 2.57. The molecule has 0 aliphatic carbocycles. The molecule has 0 radical (unpaired) electrons. The van der Waals surface area contributed by atoms with Gasteiger partial charge in [0.1, 0.15) is 0 Å². The second kappa shape index (κ2) is 7.93. The molecule has 2 aromatic carbocycles. The van der Waals surface area contributed by atoms with Gasteiger partial charge in [-0.1, -0.05) is 18.2 Å². The molecule has 8 nitrogen and oxygen atoms in total. The summed E-state index contributed by atoms with van der Waals surface area (Å²) in [6, 6.07) is 12.2. The fourth-order valence-corrected chi connectivity index (χ4v) is 2.57. The summed E-state index contributed by atoms with van der Waals surface area (Å²) in [4.78, 5) is 30.0. The van der Waals surface area contributed by atoms with E-state index in [1.807, 2.05) is 0 Å². The first-order chi connectivity index (χ1) is 14.2. The van der Waals surface area contributed by atoms with E-state index in [9.17, 15) is 28.1 Å². The van der Waals surface area contributed by atoms with Gasteiger partial charge in [-0.3, -0.25) is 10.1 Å². The van der Waals surface area contributed by atoms with Gasteiger partial charge in [0.25, 0.3) is 5.69 Å². The van der Waals surface area contributed by atoms with Gasteiger partial charge in [-0.2, -0.15) is 18.2 Å². The third kappa shape index (κ3) is 3.86. The molecule has 0 saturated carbocycles. The summed E-state index contributed by atoms with van der Waals surface area (Å²) in [5.41, 5.74) is -3.75. The number of nitro benzene ring substituents is 1. The molecule has 30 heavy (non-hydrogen) atoms. The van der Waals surface area contributed by atoms with Gasteiger partial charge in [0.15, 0.2) is 5.84 Å². The number of halogens is 3. The number of carbonyl (C=O) groups excluding carboxylic acids is 1. The van der Waals surface area contributed by atoms with Crippen LogP contribution in [0.15, 0.2) is 64.6 Å². The maximum atomic E-state index is 14.0. The number of hydrogen-bond acceptors (Lipinski definition) is 7. The molecule has 0 saturated heterocycles. The van der Waals surface area contributed by atoms with Crippen LogP contribution in [0.5, 0.6) is 0 Å². The number of aliphatic imine (C=N–C) groups is 2. The number of carbonyl (C=O) groups is 1. The van der Waals surface area contributed by atoms with E-state index in [1.165, 1.54) is 31.2 Å². The van der Waals surface area contributed by atoms with E-state index in [0.29, 0.717) is 0 Å². The summed E-state index contributed by atoms with van der Waals surface area (Å²) in [7, 11) is 0. The van der Waals surface area contributed by atoms with E-state index in [0.717, 1.165) is 12.1 Å². The summed E-state index contributed by atoms with van der Waals surface area (Å²) in [6.07, 6.45) is -5.28. The zero-order valence-corrected chi connectivity index (χ0v) is 15.4. The molecule has 0 spiro atoms. The molecule has 2 aromatic rings. The lowest BCUT2D eigenvalue weighted by atomic mass is 10.1. The lowest BCUT2D eigenvalue weighted by Gasteiger charge is -2.33. The lowest BCUT2D eigenvalue weighted by Crippen LogP contribution is -2.56. The second-order valence-electron chi connectivity index (χ2n) is 5.99. The number of amidine groups is 1. The minimum absolute atomic E-state index is 0.0234. The number of nitro groups is 1. The highest BCUT2D eigenvalue weighted by molar-refractivity contribution is 6.12. The van der Waals surface area contributed by atoms with Crippen molar-refractivity contribution in [2.75, 3.05) is 6.61 Å². The maximum absolute atomic E-state index is 14.0. The smallest absolute Gasteiger partial charge is 0.461 e. The molecule has 1 atom stereocenters. The van der Waals surface area contributed by atoms with Gasteiger partial charge < -0.3 is 9.47 Å². The SMILES string of the molecule is CCOC(=O)C1(C(F)(F)F)N=C(c2ccc([N+](=O)[O-])cc2)N=C(c2ccccc2)O1. The zero-order valence-electron chi connectivity index (χ0n) is 15.4. The molecule has 11 heteroatoms. The Morgan fingerprint density at radius 3 is 2.30 bits per heavy atom. The molecule has 0 fully saturated rings. The molecule has 156 valence electrons. The second-order valence-corrected chi connectivity index (χ2v) is 5.99. The Kier molecular flexibility index (Phi) is 5.54. The van der Waals surface area contributed by atoms with Gasteiger partial charge >= 0.3 is 17.9 Å². The zero-order chi connectivity index (χ0) is 21.9. The standard InChI is InChI=1S/C19H14F3N3O5/c1-2-29-17(26)18(19(20,21)22)24-15(12-8-10-14(11-9-12)25(27)28)23-16(30-18)13-6-4-3-5-7-13/h3-11H,2H2,1H3. The first-order valence-electron chi connectivity index (χ1n) is 8.59. The molecule has 1 aliphatic rings. The molecule has 1 aliphatic heterocycles. The molecular weight excluding hydrogens is 407 g/mol. The van der Waals surface area contributed by atoms with Gasteiger partial charge in [-0.05, 0) is 31.2 Å². The van der Waals surface area contributed by atoms with Crippen LogP contribution in [-0.2, 0) is 14.3 Å². The molecule has 1 heterocycles. The minimum Gasteiger partial charge on any atom is -0.461 e. The average molecular weight is 421 g/mol. The number of non-ortho nitro benzene ring substituents is 1. The van der Waals surface area contributed by atoms with Crippen molar-refractivity contribution in [3.8, 4) is 0 Å². The number of alkyl halides is 3. The number of hydrogen-bond donors (Lipinski definition) is 0. The monoisotopic (exact) mass is 421 g/mol. The van der Waals surface area contributed by atoms with Crippen molar-refractivity contribution in [1.82, 2.24) is 0 Å². The van der Waals surface area contributed by atoms with Gasteiger partial charge in [0.05, 0.1) is 11.5 Å². The van der Waals surface area contributed by atoms with Crippen LogP contribution in [0.2, 0.25) is 0 Å². The Hall–Kier alpha value is -3.76. The minimum atomic E-state index is -5.28. The van der Waals surface area contributed by atoms with E-state index >= 15 is 0 Å². The van der Waals surface area contributed by atoms with Crippen molar-refractivity contribution in [1.29, 1.82) is 0 Å². The van der Waals surface area contributed by atoms with Gasteiger partial charge in [0, 0.05) is 23.3 Å². The van der Waals surface area contributed by atoms with Crippen molar-refractivity contribution in [2.45, 2.75) is 18.8 Å². The summed E-state index contributed by atoms with van der Waals surface area (Å²) >= 11 is 0. The van der Waals surface area contributed by atoms with Crippen LogP contribution in [0.3, 0.4) is 0 Å². The molecule has 3 rings (SSSR count). The van der Waals surface area contributed by atoms with Crippen molar-refractivity contribution >= 4 is 23.4 Å². The third-order valence-corrected chi connectivity index (χ3v) is 4.01. The summed E-state index contributed by atoms with van der Waals surface area (Å²) in [5, 5.41) is 10.8. The van der Waals surface area contributed by atoms with E-state index in [1.54, 1.807) is 18.2 Å². The van der Waals surface area contributed by atoms with Gasteiger partial charge in [-0.25, -0.2) is 9.79 Å². The van der Waals surface area contributed by atoms with E-state index in [-0.39, 0.29) is 23.4 Å². The fraction of sp³-hybridized carbons (Fsp3) is 0.211.